The highest BCUT2D eigenvalue weighted by atomic mass is 16.6. The number of aliphatic hydroxyl groups is 1. The van der Waals surface area contributed by atoms with Crippen LogP contribution in [0.4, 0.5) is 0 Å². The molecule has 1 heterocycles. The van der Waals surface area contributed by atoms with E-state index in [-0.39, 0.29) is 5.92 Å². The van der Waals surface area contributed by atoms with E-state index >= 15 is 0 Å². The van der Waals surface area contributed by atoms with E-state index < -0.39 is 29.7 Å². The molecule has 6 heteroatoms. The monoisotopic (exact) mass is 352 g/mol. The van der Waals surface area contributed by atoms with Gasteiger partial charge in [0.25, 0.3) is 0 Å². The topological polar surface area (TPSA) is 85.4 Å². The number of epoxide rings is 1. The first kappa shape index (κ1) is 21.1. The predicted octanol–water partition coefficient (Wildman–Crippen LogP) is 2.33. The minimum atomic E-state index is -1.15. The van der Waals surface area contributed by atoms with Crippen LogP contribution in [-0.4, -0.2) is 48.1 Å². The lowest BCUT2D eigenvalue weighted by atomic mass is 10.0. The molecule has 1 fully saturated rings. The Kier molecular flexibility index (Phi) is 8.58. The van der Waals surface area contributed by atoms with Gasteiger partial charge in [-0.25, -0.2) is 9.59 Å². The van der Waals surface area contributed by atoms with Crippen LogP contribution in [0.25, 0.3) is 0 Å². The van der Waals surface area contributed by atoms with E-state index in [0.717, 1.165) is 0 Å². The van der Waals surface area contributed by atoms with Crippen LogP contribution in [0.5, 0.6) is 0 Å². The smallest absolute Gasteiger partial charge is 0.335 e. The van der Waals surface area contributed by atoms with Crippen molar-refractivity contribution in [3.8, 4) is 0 Å². The van der Waals surface area contributed by atoms with E-state index in [1.807, 2.05) is 13.8 Å². The molecule has 1 saturated heterocycles. The summed E-state index contributed by atoms with van der Waals surface area (Å²) in [5.74, 6) is -1.22. The SMILES string of the molecule is CCOC(=O)/C=C/C=C/C=C/[C@@H](OC(=O)[C@H](O)[C@@H](C)CC)[C@]1(C)CO1. The van der Waals surface area contributed by atoms with Gasteiger partial charge in [0.15, 0.2) is 12.2 Å². The molecule has 140 valence electrons. The third-order valence-corrected chi connectivity index (χ3v) is 4.01. The fourth-order valence-electron chi connectivity index (χ4n) is 1.91. The molecule has 0 aromatic carbocycles. The molecule has 6 nitrogen and oxygen atoms in total. The van der Waals surface area contributed by atoms with Crippen molar-refractivity contribution < 1.29 is 28.9 Å². The molecule has 0 bridgehead atoms. The highest BCUT2D eigenvalue weighted by Crippen LogP contribution is 2.33. The summed E-state index contributed by atoms with van der Waals surface area (Å²) in [7, 11) is 0. The lowest BCUT2D eigenvalue weighted by Crippen LogP contribution is -2.37. The summed E-state index contributed by atoms with van der Waals surface area (Å²) in [5.41, 5.74) is -0.560. The van der Waals surface area contributed by atoms with E-state index in [4.69, 9.17) is 14.2 Å². The van der Waals surface area contributed by atoms with Crippen LogP contribution in [0.3, 0.4) is 0 Å². The molecule has 0 aliphatic carbocycles. The standard InChI is InChI=1S/C19H28O6/c1-5-14(3)17(21)18(22)25-15(19(4)13-24-19)11-9-7-8-10-12-16(20)23-6-2/h7-12,14-15,17,21H,5-6,13H2,1-4H3/b8-7+,11-9+,12-10+/t14-,15+,17+,19-/m0/s1. The van der Waals surface area contributed by atoms with Gasteiger partial charge in [-0.05, 0) is 25.8 Å². The Labute approximate surface area is 149 Å². The summed E-state index contributed by atoms with van der Waals surface area (Å²) in [6.07, 6.45) is 8.59. The number of aliphatic hydroxyl groups excluding tert-OH is 1. The van der Waals surface area contributed by atoms with Crippen LogP contribution in [0.15, 0.2) is 36.5 Å². The summed E-state index contributed by atoms with van der Waals surface area (Å²) in [4.78, 5) is 23.2. The van der Waals surface area contributed by atoms with E-state index in [1.54, 1.807) is 44.2 Å². The second-order valence-electron chi connectivity index (χ2n) is 6.17. The van der Waals surface area contributed by atoms with Gasteiger partial charge in [-0.15, -0.1) is 0 Å². The first-order valence-electron chi connectivity index (χ1n) is 8.54. The Hall–Kier alpha value is -1.92. The van der Waals surface area contributed by atoms with Crippen LogP contribution in [0.2, 0.25) is 0 Å². The van der Waals surface area contributed by atoms with Crippen LogP contribution >= 0.6 is 0 Å². The number of carbonyl (C=O) groups excluding carboxylic acids is 2. The molecule has 0 unspecified atom stereocenters. The molecule has 25 heavy (non-hydrogen) atoms. The first-order valence-corrected chi connectivity index (χ1v) is 8.54. The van der Waals surface area contributed by atoms with Crippen molar-refractivity contribution in [2.75, 3.05) is 13.2 Å². The van der Waals surface area contributed by atoms with Gasteiger partial charge in [-0.1, -0.05) is 44.6 Å². The lowest BCUT2D eigenvalue weighted by Gasteiger charge is -2.22. The number of allylic oxidation sites excluding steroid dienone is 4. The molecule has 1 aliphatic rings. The third-order valence-electron chi connectivity index (χ3n) is 4.01. The molecule has 0 saturated carbocycles. The molecule has 0 radical (unpaired) electrons. The molecule has 4 atom stereocenters. The second kappa shape index (κ2) is 10.2. The van der Waals surface area contributed by atoms with Crippen molar-refractivity contribution in [2.24, 2.45) is 5.92 Å². The average molecular weight is 352 g/mol. The van der Waals surface area contributed by atoms with Crippen molar-refractivity contribution in [3.63, 3.8) is 0 Å². The van der Waals surface area contributed by atoms with Gasteiger partial charge in [0.1, 0.15) is 5.60 Å². The summed E-state index contributed by atoms with van der Waals surface area (Å²) < 4.78 is 15.5. The number of esters is 2. The highest BCUT2D eigenvalue weighted by Gasteiger charge is 2.48. The minimum absolute atomic E-state index is 0.169. The normalized spacial score (nSPS) is 23.7. The predicted molar refractivity (Wildman–Crippen MR) is 93.8 cm³/mol. The van der Waals surface area contributed by atoms with E-state index in [2.05, 4.69) is 0 Å². The maximum absolute atomic E-state index is 12.1. The third kappa shape index (κ3) is 7.23. The van der Waals surface area contributed by atoms with Crippen molar-refractivity contribution in [3.05, 3.63) is 36.5 Å². The van der Waals surface area contributed by atoms with Gasteiger partial charge >= 0.3 is 11.9 Å². The Balaban J connectivity index is 2.60. The number of ether oxygens (including phenoxy) is 3. The summed E-state index contributed by atoms with van der Waals surface area (Å²) in [6, 6.07) is 0. The van der Waals surface area contributed by atoms with Crippen LogP contribution in [0.1, 0.15) is 34.1 Å². The highest BCUT2D eigenvalue weighted by molar-refractivity contribution is 5.82. The maximum Gasteiger partial charge on any atom is 0.335 e. The summed E-state index contributed by atoms with van der Waals surface area (Å²) in [6.45, 7) is 8.10. The maximum atomic E-state index is 12.1. The fraction of sp³-hybridized carbons (Fsp3) is 0.579. The molecule has 1 aliphatic heterocycles. The minimum Gasteiger partial charge on any atom is -0.463 e. The number of hydrogen-bond acceptors (Lipinski definition) is 6. The van der Waals surface area contributed by atoms with Crippen LogP contribution < -0.4 is 0 Å². The van der Waals surface area contributed by atoms with Crippen molar-refractivity contribution in [1.82, 2.24) is 0 Å². The molecule has 0 amide bonds. The fourth-order valence-corrected chi connectivity index (χ4v) is 1.91. The van der Waals surface area contributed by atoms with Gasteiger partial charge in [-0.2, -0.15) is 0 Å². The van der Waals surface area contributed by atoms with Gasteiger partial charge in [0.05, 0.1) is 13.2 Å². The van der Waals surface area contributed by atoms with Gasteiger partial charge < -0.3 is 19.3 Å². The van der Waals surface area contributed by atoms with E-state index in [1.165, 1.54) is 6.08 Å². The molecular formula is C19H28O6. The largest absolute Gasteiger partial charge is 0.463 e. The zero-order valence-electron chi connectivity index (χ0n) is 15.3. The van der Waals surface area contributed by atoms with Gasteiger partial charge in [0, 0.05) is 6.08 Å². The van der Waals surface area contributed by atoms with E-state index in [0.29, 0.717) is 19.6 Å². The van der Waals surface area contributed by atoms with Gasteiger partial charge in [-0.3, -0.25) is 0 Å². The molecule has 0 spiro atoms. The van der Waals surface area contributed by atoms with E-state index in [9.17, 15) is 14.7 Å². The number of hydrogen-bond donors (Lipinski definition) is 1. The Morgan fingerprint density at radius 3 is 2.44 bits per heavy atom. The Bertz CT molecular complexity index is 530. The summed E-state index contributed by atoms with van der Waals surface area (Å²) in [5, 5.41) is 9.95. The molecule has 0 aromatic heterocycles. The molecule has 1 N–H and O–H groups in total. The zero-order valence-corrected chi connectivity index (χ0v) is 15.3. The first-order chi connectivity index (χ1) is 11.8. The quantitative estimate of drug-likeness (QED) is 0.281. The van der Waals surface area contributed by atoms with Crippen molar-refractivity contribution in [2.45, 2.75) is 51.9 Å². The molecule has 0 aromatic rings. The van der Waals surface area contributed by atoms with Crippen molar-refractivity contribution in [1.29, 1.82) is 0 Å². The van der Waals surface area contributed by atoms with Crippen LogP contribution in [0, 0.1) is 5.92 Å². The number of carbonyl (C=O) groups is 2. The van der Waals surface area contributed by atoms with Crippen LogP contribution in [-0.2, 0) is 23.8 Å². The Morgan fingerprint density at radius 1 is 1.24 bits per heavy atom. The number of rotatable bonds is 10. The Morgan fingerprint density at radius 2 is 1.88 bits per heavy atom. The second-order valence-corrected chi connectivity index (χ2v) is 6.17. The van der Waals surface area contributed by atoms with Crippen molar-refractivity contribution >= 4 is 11.9 Å². The lowest BCUT2D eigenvalue weighted by molar-refractivity contribution is -0.162. The molecular weight excluding hydrogens is 324 g/mol. The summed E-state index contributed by atoms with van der Waals surface area (Å²) >= 11 is 0. The molecule has 1 rings (SSSR count). The van der Waals surface area contributed by atoms with Gasteiger partial charge in [0.2, 0.25) is 0 Å². The average Bonchev–Trinajstić information content (AvgIpc) is 3.34. The zero-order chi connectivity index (χ0) is 18.9.